The zero-order chi connectivity index (χ0) is 62.4. The van der Waals surface area contributed by atoms with E-state index in [0.29, 0.717) is 47.4 Å². The zero-order valence-electron chi connectivity index (χ0n) is 46.5. The van der Waals surface area contributed by atoms with Crippen LogP contribution in [0, 0.1) is 0 Å². The minimum absolute atomic E-state index is 0.0262. The van der Waals surface area contributed by atoms with Gasteiger partial charge in [0.05, 0.1) is 61.0 Å². The number of hydrogen-bond acceptors (Lipinski definition) is 13. The predicted molar refractivity (Wildman–Crippen MR) is 321 cm³/mol. The highest BCUT2D eigenvalue weighted by Gasteiger charge is 2.28. The van der Waals surface area contributed by atoms with Gasteiger partial charge in [-0.3, -0.25) is 24.0 Å². The number of esters is 2. The summed E-state index contributed by atoms with van der Waals surface area (Å²) in [6, 6.07) is 30.5. The number of carboxylic acid groups (broad SMARTS) is 2. The smallest absolute Gasteiger partial charge is 0.337 e. The third-order valence-electron chi connectivity index (χ3n) is 11.7. The molecular weight excluding hydrogens is 1170 g/mol. The number of nitrogens with two attached hydrogens (primary N) is 2. The van der Waals surface area contributed by atoms with Crippen molar-refractivity contribution in [1.82, 2.24) is 20.4 Å². The first kappa shape index (κ1) is 67.8. The lowest BCUT2D eigenvalue weighted by atomic mass is 10.0. The van der Waals surface area contributed by atoms with Crippen LogP contribution in [-0.4, -0.2) is 113 Å². The van der Waals surface area contributed by atoms with Crippen molar-refractivity contribution in [3.05, 3.63) is 191 Å². The Labute approximate surface area is 505 Å². The van der Waals surface area contributed by atoms with Gasteiger partial charge in [0.2, 0.25) is 18.7 Å². The van der Waals surface area contributed by atoms with Gasteiger partial charge in [0.15, 0.2) is 0 Å². The molecule has 6 aromatic carbocycles. The van der Waals surface area contributed by atoms with E-state index in [1.165, 1.54) is 40.1 Å². The molecule has 0 aliphatic carbocycles. The Morgan fingerprint density at radius 1 is 0.548 bits per heavy atom. The van der Waals surface area contributed by atoms with Crippen molar-refractivity contribution >= 4 is 118 Å². The first-order valence-corrected chi connectivity index (χ1v) is 27.1. The van der Waals surface area contributed by atoms with Crippen molar-refractivity contribution in [2.24, 2.45) is 0 Å². The molecule has 20 nitrogen and oxygen atoms in total. The third kappa shape index (κ3) is 21.6. The number of rotatable bonds is 23. The van der Waals surface area contributed by atoms with Crippen LogP contribution in [0.15, 0.2) is 121 Å². The van der Waals surface area contributed by atoms with Crippen LogP contribution in [-0.2, 0) is 65.8 Å². The molecule has 24 heteroatoms. The SMILES string of the molecule is CC(C)OC(=O)[C@H](Cc1ccc(N)cc1)NC(=O)c1c(Cl)cccc1Cl.CC(C)OC(=O)[C@H](Cc1ccc(NC(=O)Cc2ccc(CN(C)C=O)cc2C(=O)O)cc1)NC(=O)c1c(Cl)cccc1Cl.CN(C=O)Cc1ccc(N)c(C(=O)O)c1. The van der Waals surface area contributed by atoms with E-state index in [0.717, 1.165) is 11.1 Å². The normalized spacial score (nSPS) is 11.2. The van der Waals surface area contributed by atoms with Crippen LogP contribution in [0.5, 0.6) is 0 Å². The maximum Gasteiger partial charge on any atom is 0.337 e. The monoisotopic (exact) mass is 1230 g/mol. The number of nitrogen functional groups attached to an aromatic ring is 2. The molecule has 6 rings (SSSR count). The summed E-state index contributed by atoms with van der Waals surface area (Å²) >= 11 is 24.5. The van der Waals surface area contributed by atoms with Crippen LogP contribution in [0.3, 0.4) is 0 Å². The number of carbonyl (C=O) groups is 9. The van der Waals surface area contributed by atoms with E-state index in [-0.39, 0.29) is 79.9 Å². The summed E-state index contributed by atoms with van der Waals surface area (Å²) in [5.74, 6) is -5.03. The van der Waals surface area contributed by atoms with Crippen molar-refractivity contribution in [2.45, 2.75) is 84.3 Å². The van der Waals surface area contributed by atoms with Gasteiger partial charge in [-0.15, -0.1) is 0 Å². The van der Waals surface area contributed by atoms with Gasteiger partial charge < -0.3 is 56.9 Å². The molecule has 0 spiro atoms. The fourth-order valence-corrected chi connectivity index (χ4v) is 8.88. The summed E-state index contributed by atoms with van der Waals surface area (Å²) < 4.78 is 10.6. The van der Waals surface area contributed by atoms with Crippen LogP contribution >= 0.6 is 46.4 Å². The Kier molecular flexibility index (Phi) is 26.5. The van der Waals surface area contributed by atoms with Crippen molar-refractivity contribution in [3.8, 4) is 0 Å². The van der Waals surface area contributed by atoms with Gasteiger partial charge in [-0.05, 0) is 122 Å². The number of hydrogen-bond donors (Lipinski definition) is 7. The molecule has 444 valence electrons. The molecule has 5 amide bonds. The fraction of sp³-hybridized carbons (Fsp3) is 0.250. The molecule has 0 aromatic heterocycles. The first-order valence-electron chi connectivity index (χ1n) is 25.6. The molecular formula is C60H63Cl4N7O13. The number of amides is 5. The van der Waals surface area contributed by atoms with E-state index >= 15 is 0 Å². The highest BCUT2D eigenvalue weighted by molar-refractivity contribution is 6.40. The van der Waals surface area contributed by atoms with Crippen molar-refractivity contribution in [3.63, 3.8) is 0 Å². The Balaban J connectivity index is 0.000000310. The van der Waals surface area contributed by atoms with Gasteiger partial charge in [0.25, 0.3) is 11.8 Å². The van der Waals surface area contributed by atoms with E-state index in [1.54, 1.807) is 133 Å². The molecule has 9 N–H and O–H groups in total. The third-order valence-corrected chi connectivity index (χ3v) is 12.9. The minimum Gasteiger partial charge on any atom is -0.478 e. The standard InChI is InChI=1S/C31H31Cl2N3O7.C19H20Cl2N2O3.C10H12N2O3/c1-18(2)43-31(42)26(35-29(39)28-24(32)5-4-6-25(28)33)14-19-8-11-22(12-9-19)34-27(38)15-21-10-7-20(16-36(3)17-37)13-23(21)30(40)41;1-11(2)26-19(25)16(10-12-6-8-13(22)9-7-12)23-18(24)17-14(20)4-3-5-15(17)21;1-12(6-13)5-7-2-3-9(11)8(4-7)10(14)15/h4-13,17-18,26H,14-16H2,1-3H3,(H,34,38)(H,35,39)(H,40,41);3-9,11,16H,10,22H2,1-2H3,(H,23,24);2-4,6H,5,11H2,1H3,(H,14,15)/t26-;16-;/m00./s1. The Bertz CT molecular complexity index is 3290. The second-order valence-corrected chi connectivity index (χ2v) is 21.0. The van der Waals surface area contributed by atoms with E-state index in [1.807, 2.05) is 0 Å². The summed E-state index contributed by atoms with van der Waals surface area (Å²) in [7, 11) is 3.19. The molecule has 0 aliphatic rings. The molecule has 0 bridgehead atoms. The number of carboxylic acids is 2. The van der Waals surface area contributed by atoms with Crippen LogP contribution < -0.4 is 27.4 Å². The van der Waals surface area contributed by atoms with Crippen molar-refractivity contribution < 1.29 is 62.8 Å². The number of halogens is 4. The lowest BCUT2D eigenvalue weighted by molar-refractivity contribution is -0.150. The average Bonchev–Trinajstić information content (AvgIpc) is 3.44. The number of aromatic carboxylic acids is 2. The number of benzene rings is 6. The highest BCUT2D eigenvalue weighted by atomic mass is 35.5. The Hall–Kier alpha value is -8.69. The van der Waals surface area contributed by atoms with Gasteiger partial charge in [-0.25, -0.2) is 19.2 Å². The molecule has 6 aromatic rings. The fourth-order valence-electron chi connectivity index (χ4n) is 7.75. The van der Waals surface area contributed by atoms with E-state index in [4.69, 9.17) is 72.5 Å². The maximum absolute atomic E-state index is 13.0. The minimum atomic E-state index is -1.18. The quantitative estimate of drug-likeness (QED) is 0.0179. The van der Waals surface area contributed by atoms with E-state index < -0.39 is 59.8 Å². The van der Waals surface area contributed by atoms with Crippen LogP contribution in [0.1, 0.15) is 96.9 Å². The number of anilines is 3. The summed E-state index contributed by atoms with van der Waals surface area (Å²) in [5.41, 5.74) is 15.8. The lowest BCUT2D eigenvalue weighted by Crippen LogP contribution is -2.44. The average molecular weight is 1230 g/mol. The second-order valence-electron chi connectivity index (χ2n) is 19.4. The highest BCUT2D eigenvalue weighted by Crippen LogP contribution is 2.26. The topological polar surface area (TPSA) is 307 Å². The number of ether oxygens (including phenoxy) is 2. The van der Waals surface area contributed by atoms with Crippen LogP contribution in [0.25, 0.3) is 0 Å². The van der Waals surface area contributed by atoms with Gasteiger partial charge in [0.1, 0.15) is 12.1 Å². The summed E-state index contributed by atoms with van der Waals surface area (Å²) in [6.45, 7) is 7.47. The van der Waals surface area contributed by atoms with E-state index in [2.05, 4.69) is 16.0 Å². The molecule has 0 heterocycles. The molecule has 0 saturated heterocycles. The Morgan fingerprint density at radius 2 is 0.929 bits per heavy atom. The second kappa shape index (κ2) is 32.8. The van der Waals surface area contributed by atoms with Crippen LogP contribution in [0.2, 0.25) is 20.1 Å². The summed E-state index contributed by atoms with van der Waals surface area (Å²) in [5, 5.41) is 27.2. The van der Waals surface area contributed by atoms with Gasteiger partial charge in [-0.2, -0.15) is 0 Å². The molecule has 0 aliphatic heterocycles. The molecule has 0 saturated carbocycles. The zero-order valence-corrected chi connectivity index (χ0v) is 49.5. The summed E-state index contributed by atoms with van der Waals surface area (Å²) in [6.07, 6.45) is 0.739. The number of nitrogens with one attached hydrogen (secondary N) is 3. The maximum atomic E-state index is 13.0. The molecule has 84 heavy (non-hydrogen) atoms. The largest absolute Gasteiger partial charge is 0.478 e. The summed E-state index contributed by atoms with van der Waals surface area (Å²) in [4.78, 5) is 110. The molecule has 2 atom stereocenters. The van der Waals surface area contributed by atoms with Crippen molar-refractivity contribution in [2.75, 3.05) is 30.9 Å². The first-order chi connectivity index (χ1) is 39.7. The molecule has 0 unspecified atom stereocenters. The van der Waals surface area contributed by atoms with E-state index in [9.17, 15) is 48.3 Å². The van der Waals surface area contributed by atoms with Crippen molar-refractivity contribution in [1.29, 1.82) is 0 Å². The predicted octanol–water partition coefficient (Wildman–Crippen LogP) is 9.18. The number of nitrogens with zero attached hydrogens (tertiary/aromatic N) is 2. The molecule has 0 radical (unpaired) electrons. The van der Waals surface area contributed by atoms with Gasteiger partial charge in [-0.1, -0.05) is 101 Å². The van der Waals surface area contributed by atoms with Gasteiger partial charge >= 0.3 is 23.9 Å². The Morgan fingerprint density at radius 3 is 1.32 bits per heavy atom. The van der Waals surface area contributed by atoms with Crippen LogP contribution in [0.4, 0.5) is 17.1 Å². The van der Waals surface area contributed by atoms with Gasteiger partial charge in [0, 0.05) is 57.1 Å². The lowest BCUT2D eigenvalue weighted by Gasteiger charge is -2.20. The number of carbonyl (C=O) groups excluding carboxylic acids is 7. The molecule has 0 fully saturated rings.